The van der Waals surface area contributed by atoms with E-state index in [0.29, 0.717) is 12.1 Å². The Hall–Kier alpha value is -1.42. The molecule has 1 aliphatic rings. The van der Waals surface area contributed by atoms with Crippen molar-refractivity contribution in [2.45, 2.75) is 25.9 Å². The highest BCUT2D eigenvalue weighted by atomic mass is 16.5. The number of hydrogen-bond donors (Lipinski definition) is 1. The van der Waals surface area contributed by atoms with Gasteiger partial charge in [-0.15, -0.1) is 0 Å². The Balaban J connectivity index is 2.27. The van der Waals surface area contributed by atoms with Gasteiger partial charge in [-0.2, -0.15) is 0 Å². The molecule has 2 unspecified atom stereocenters. The fraction of sp³-hybridized carbons (Fsp3) is 0.571. The summed E-state index contributed by atoms with van der Waals surface area (Å²) in [5.41, 5.74) is 7.99. The number of nitrogens with zero attached hydrogens (tertiary/aromatic N) is 2. The van der Waals surface area contributed by atoms with Crippen LogP contribution >= 0.6 is 0 Å². The first-order chi connectivity index (χ1) is 8.54. The lowest BCUT2D eigenvalue weighted by atomic mass is 10.1. The van der Waals surface area contributed by atoms with E-state index in [9.17, 15) is 0 Å². The number of benzene rings is 1. The van der Waals surface area contributed by atoms with Crippen LogP contribution in [0, 0.1) is 0 Å². The molecule has 18 heavy (non-hydrogen) atoms. The first-order valence-electron chi connectivity index (χ1n) is 6.44. The summed E-state index contributed by atoms with van der Waals surface area (Å²) in [5.74, 6) is 0.756. The second kappa shape index (κ2) is 5.06. The Morgan fingerprint density at radius 1 is 1.22 bits per heavy atom. The maximum absolute atomic E-state index is 6.17. The van der Waals surface area contributed by atoms with Gasteiger partial charge in [0.25, 0.3) is 0 Å². The predicted octanol–water partition coefficient (Wildman–Crippen LogP) is 1.81. The van der Waals surface area contributed by atoms with E-state index in [1.165, 1.54) is 0 Å². The second-order valence-electron chi connectivity index (χ2n) is 5.16. The minimum Gasteiger partial charge on any atom is -0.495 e. The van der Waals surface area contributed by atoms with Gasteiger partial charge < -0.3 is 15.4 Å². The molecule has 1 fully saturated rings. The molecule has 2 atom stereocenters. The summed E-state index contributed by atoms with van der Waals surface area (Å²) < 4.78 is 5.29. The summed E-state index contributed by atoms with van der Waals surface area (Å²) in [5, 5.41) is 0. The van der Waals surface area contributed by atoms with Crippen LogP contribution in [-0.2, 0) is 0 Å². The van der Waals surface area contributed by atoms with Gasteiger partial charge in [0.15, 0.2) is 0 Å². The summed E-state index contributed by atoms with van der Waals surface area (Å²) in [6.07, 6.45) is 0. The van der Waals surface area contributed by atoms with Crippen molar-refractivity contribution in [3.05, 3.63) is 18.2 Å². The van der Waals surface area contributed by atoms with Crippen LogP contribution in [-0.4, -0.2) is 44.2 Å². The van der Waals surface area contributed by atoms with Crippen molar-refractivity contribution < 1.29 is 4.74 Å². The molecule has 0 amide bonds. The van der Waals surface area contributed by atoms with Gasteiger partial charge >= 0.3 is 0 Å². The third kappa shape index (κ3) is 2.25. The van der Waals surface area contributed by atoms with Crippen LogP contribution in [0.5, 0.6) is 5.75 Å². The average Bonchev–Trinajstić information content (AvgIpc) is 2.35. The SMILES string of the molecule is COc1cccc(N2CC(C)N(C)C(C)C2)c1N. The van der Waals surface area contributed by atoms with Gasteiger partial charge in [0, 0.05) is 25.2 Å². The van der Waals surface area contributed by atoms with Crippen molar-refractivity contribution in [1.82, 2.24) is 4.90 Å². The number of ether oxygens (including phenoxy) is 1. The Morgan fingerprint density at radius 3 is 2.39 bits per heavy atom. The maximum atomic E-state index is 6.17. The van der Waals surface area contributed by atoms with Gasteiger partial charge in [0.1, 0.15) is 5.75 Å². The highest BCUT2D eigenvalue weighted by molar-refractivity contribution is 5.74. The van der Waals surface area contributed by atoms with E-state index in [0.717, 1.165) is 30.2 Å². The minimum absolute atomic E-state index is 0.527. The smallest absolute Gasteiger partial charge is 0.143 e. The van der Waals surface area contributed by atoms with E-state index in [4.69, 9.17) is 10.5 Å². The van der Waals surface area contributed by atoms with Crippen molar-refractivity contribution in [1.29, 1.82) is 0 Å². The number of methoxy groups -OCH3 is 1. The van der Waals surface area contributed by atoms with E-state index in [-0.39, 0.29) is 0 Å². The number of nitrogen functional groups attached to an aromatic ring is 1. The zero-order chi connectivity index (χ0) is 13.3. The van der Waals surface area contributed by atoms with Crippen LogP contribution in [0.15, 0.2) is 18.2 Å². The molecule has 0 radical (unpaired) electrons. The third-order valence-electron chi connectivity index (χ3n) is 3.96. The monoisotopic (exact) mass is 249 g/mol. The van der Waals surface area contributed by atoms with Crippen LogP contribution in [0.1, 0.15) is 13.8 Å². The number of piperazine rings is 1. The molecule has 1 saturated heterocycles. The Labute approximate surface area is 109 Å². The summed E-state index contributed by atoms with van der Waals surface area (Å²) >= 11 is 0. The van der Waals surface area contributed by atoms with E-state index in [2.05, 4.69) is 36.8 Å². The lowest BCUT2D eigenvalue weighted by molar-refractivity contribution is 0.170. The predicted molar refractivity (Wildman–Crippen MR) is 76.3 cm³/mol. The van der Waals surface area contributed by atoms with Crippen molar-refractivity contribution >= 4 is 11.4 Å². The van der Waals surface area contributed by atoms with Crippen LogP contribution in [0.3, 0.4) is 0 Å². The summed E-state index contributed by atoms with van der Waals surface area (Å²) in [6, 6.07) is 7.03. The molecule has 100 valence electrons. The molecule has 0 saturated carbocycles. The maximum Gasteiger partial charge on any atom is 0.143 e. The van der Waals surface area contributed by atoms with Gasteiger partial charge in [-0.3, -0.25) is 4.90 Å². The lowest BCUT2D eigenvalue weighted by Gasteiger charge is -2.43. The highest BCUT2D eigenvalue weighted by Gasteiger charge is 2.27. The van der Waals surface area contributed by atoms with Crippen molar-refractivity contribution in [2.75, 3.05) is 37.9 Å². The molecule has 0 aliphatic carbocycles. The molecule has 1 aromatic carbocycles. The zero-order valence-electron chi connectivity index (χ0n) is 11.7. The van der Waals surface area contributed by atoms with Crippen LogP contribution in [0.4, 0.5) is 11.4 Å². The summed E-state index contributed by atoms with van der Waals surface area (Å²) in [6.45, 7) is 6.49. The second-order valence-corrected chi connectivity index (χ2v) is 5.16. The number of para-hydroxylation sites is 1. The van der Waals surface area contributed by atoms with Gasteiger partial charge in [-0.05, 0) is 33.0 Å². The molecule has 2 N–H and O–H groups in total. The first-order valence-corrected chi connectivity index (χ1v) is 6.44. The largest absolute Gasteiger partial charge is 0.495 e. The summed E-state index contributed by atoms with van der Waals surface area (Å²) in [4.78, 5) is 4.76. The molecule has 1 heterocycles. The van der Waals surface area contributed by atoms with Crippen molar-refractivity contribution in [3.63, 3.8) is 0 Å². The molecule has 0 aromatic heterocycles. The Bertz CT molecular complexity index is 410. The molecule has 1 aromatic rings. The van der Waals surface area contributed by atoms with Crippen LogP contribution < -0.4 is 15.4 Å². The molecule has 2 rings (SSSR count). The van der Waals surface area contributed by atoms with Crippen molar-refractivity contribution in [2.24, 2.45) is 0 Å². The van der Waals surface area contributed by atoms with E-state index < -0.39 is 0 Å². The topological polar surface area (TPSA) is 41.7 Å². The minimum atomic E-state index is 0.527. The molecule has 0 spiro atoms. The first kappa shape index (κ1) is 13.0. The zero-order valence-corrected chi connectivity index (χ0v) is 11.7. The Kier molecular flexibility index (Phi) is 3.66. The van der Waals surface area contributed by atoms with Crippen LogP contribution in [0.25, 0.3) is 0 Å². The van der Waals surface area contributed by atoms with E-state index in [1.54, 1.807) is 7.11 Å². The molecule has 1 aliphatic heterocycles. The van der Waals surface area contributed by atoms with E-state index in [1.807, 2.05) is 12.1 Å². The number of hydrogen-bond acceptors (Lipinski definition) is 4. The fourth-order valence-corrected chi connectivity index (χ4v) is 2.59. The Morgan fingerprint density at radius 2 is 1.83 bits per heavy atom. The lowest BCUT2D eigenvalue weighted by Crippen LogP contribution is -2.55. The van der Waals surface area contributed by atoms with Gasteiger partial charge in [-0.1, -0.05) is 6.07 Å². The van der Waals surface area contributed by atoms with Crippen LogP contribution in [0.2, 0.25) is 0 Å². The van der Waals surface area contributed by atoms with E-state index >= 15 is 0 Å². The number of nitrogens with two attached hydrogens (primary N) is 1. The highest BCUT2D eigenvalue weighted by Crippen LogP contribution is 2.33. The molecular weight excluding hydrogens is 226 g/mol. The van der Waals surface area contributed by atoms with Gasteiger partial charge in [0.05, 0.1) is 18.5 Å². The molecule has 0 bridgehead atoms. The van der Waals surface area contributed by atoms with Gasteiger partial charge in [-0.25, -0.2) is 0 Å². The molecule has 4 heteroatoms. The average molecular weight is 249 g/mol. The third-order valence-corrected chi connectivity index (χ3v) is 3.96. The number of likely N-dealkylation sites (N-methyl/N-ethyl adjacent to an activating group) is 1. The molecule has 4 nitrogen and oxygen atoms in total. The van der Waals surface area contributed by atoms with Crippen molar-refractivity contribution in [3.8, 4) is 5.75 Å². The number of anilines is 2. The standard InChI is InChI=1S/C14H23N3O/c1-10-8-17(9-11(2)16(10)3)12-6-5-7-13(18-4)14(12)15/h5-7,10-11H,8-9,15H2,1-4H3. The number of rotatable bonds is 2. The quantitative estimate of drug-likeness (QED) is 0.812. The molecular formula is C14H23N3O. The normalized spacial score (nSPS) is 25.2. The van der Waals surface area contributed by atoms with Gasteiger partial charge in [0.2, 0.25) is 0 Å². The fourth-order valence-electron chi connectivity index (χ4n) is 2.59. The summed E-state index contributed by atoms with van der Waals surface area (Å²) in [7, 11) is 3.84.